The van der Waals surface area contributed by atoms with Crippen LogP contribution in [0.3, 0.4) is 0 Å². The van der Waals surface area contributed by atoms with Crippen molar-refractivity contribution in [2.24, 2.45) is 0 Å². The molecule has 1 N–H and O–H groups in total. The number of anilines is 3. The van der Waals surface area contributed by atoms with Crippen LogP contribution in [0.15, 0.2) is 54.7 Å². The van der Waals surface area contributed by atoms with Crippen molar-refractivity contribution in [2.45, 2.75) is 6.54 Å². The van der Waals surface area contributed by atoms with Crippen LogP contribution in [-0.4, -0.2) is 22.2 Å². The first-order chi connectivity index (χ1) is 11.6. The fourth-order valence-electron chi connectivity index (χ4n) is 2.19. The minimum absolute atomic E-state index is 0.358. The molecule has 0 atom stereocenters. The third kappa shape index (κ3) is 3.93. The molecule has 0 aliphatic heterocycles. The Balaban J connectivity index is 1.77. The van der Waals surface area contributed by atoms with Crippen molar-refractivity contribution in [3.8, 4) is 0 Å². The van der Waals surface area contributed by atoms with Gasteiger partial charge >= 0.3 is 0 Å². The van der Waals surface area contributed by atoms with E-state index in [1.54, 1.807) is 24.4 Å². The van der Waals surface area contributed by atoms with E-state index in [1.807, 2.05) is 30.1 Å². The molecule has 0 fully saturated rings. The van der Waals surface area contributed by atoms with Gasteiger partial charge in [-0.2, -0.15) is 10.1 Å². The maximum atomic E-state index is 6.17. The Morgan fingerprint density at radius 3 is 2.62 bits per heavy atom. The molecule has 0 saturated carbocycles. The van der Waals surface area contributed by atoms with Crippen molar-refractivity contribution in [3.05, 3.63) is 70.3 Å². The van der Waals surface area contributed by atoms with Gasteiger partial charge in [-0.25, -0.2) is 0 Å². The van der Waals surface area contributed by atoms with Crippen LogP contribution in [0.5, 0.6) is 0 Å². The van der Waals surface area contributed by atoms with Gasteiger partial charge in [-0.1, -0.05) is 59.6 Å². The Morgan fingerprint density at radius 1 is 1.04 bits per heavy atom. The highest BCUT2D eigenvalue weighted by molar-refractivity contribution is 6.43. The molecular formula is C17H15Cl2N5. The summed E-state index contributed by atoms with van der Waals surface area (Å²) in [6.07, 6.45) is 1.62. The van der Waals surface area contributed by atoms with Gasteiger partial charge in [0.2, 0.25) is 5.95 Å². The predicted molar refractivity (Wildman–Crippen MR) is 98.1 cm³/mol. The van der Waals surface area contributed by atoms with Crippen molar-refractivity contribution in [2.75, 3.05) is 17.3 Å². The fraction of sp³-hybridized carbons (Fsp3) is 0.118. The number of nitrogens with one attached hydrogen (secondary N) is 1. The molecule has 3 rings (SSSR count). The zero-order valence-corrected chi connectivity index (χ0v) is 14.5. The zero-order chi connectivity index (χ0) is 16.9. The first-order valence-corrected chi connectivity index (χ1v) is 8.05. The molecule has 0 amide bonds. The first-order valence-electron chi connectivity index (χ1n) is 7.29. The second kappa shape index (κ2) is 7.47. The van der Waals surface area contributed by atoms with Crippen LogP contribution in [0.2, 0.25) is 10.0 Å². The van der Waals surface area contributed by atoms with Gasteiger partial charge in [0.1, 0.15) is 0 Å². The third-order valence-electron chi connectivity index (χ3n) is 3.40. The molecule has 7 heteroatoms. The molecule has 1 heterocycles. The largest absolute Gasteiger partial charge is 0.354 e. The molecule has 0 unspecified atom stereocenters. The van der Waals surface area contributed by atoms with Crippen molar-refractivity contribution in [1.82, 2.24) is 15.2 Å². The van der Waals surface area contributed by atoms with Gasteiger partial charge in [-0.3, -0.25) is 0 Å². The number of benzene rings is 2. The van der Waals surface area contributed by atoms with E-state index >= 15 is 0 Å². The van der Waals surface area contributed by atoms with Crippen molar-refractivity contribution in [3.63, 3.8) is 0 Å². The second-order valence-electron chi connectivity index (χ2n) is 5.21. The monoisotopic (exact) mass is 359 g/mol. The molecular weight excluding hydrogens is 345 g/mol. The number of nitrogens with zero attached hydrogens (tertiary/aromatic N) is 4. The van der Waals surface area contributed by atoms with Crippen LogP contribution in [0, 0.1) is 0 Å². The highest BCUT2D eigenvalue weighted by Crippen LogP contribution is 2.31. The van der Waals surface area contributed by atoms with E-state index in [9.17, 15) is 0 Å². The first kappa shape index (κ1) is 16.5. The van der Waals surface area contributed by atoms with Gasteiger partial charge < -0.3 is 10.2 Å². The molecule has 0 aliphatic carbocycles. The number of rotatable bonds is 5. The lowest BCUT2D eigenvalue weighted by atomic mass is 10.2. The zero-order valence-electron chi connectivity index (χ0n) is 12.9. The Kier molecular flexibility index (Phi) is 5.13. The van der Waals surface area contributed by atoms with E-state index in [0.29, 0.717) is 27.5 Å². The van der Waals surface area contributed by atoms with E-state index < -0.39 is 0 Å². The second-order valence-corrected chi connectivity index (χ2v) is 5.99. The number of hydrogen-bond acceptors (Lipinski definition) is 5. The van der Waals surface area contributed by atoms with E-state index in [-0.39, 0.29) is 0 Å². The lowest BCUT2D eigenvalue weighted by molar-refractivity contribution is 0.866. The van der Waals surface area contributed by atoms with Crippen LogP contribution in [0.1, 0.15) is 5.56 Å². The van der Waals surface area contributed by atoms with Crippen LogP contribution in [-0.2, 0) is 6.54 Å². The minimum atomic E-state index is 0.358. The van der Waals surface area contributed by atoms with E-state index in [1.165, 1.54) is 5.56 Å². The summed E-state index contributed by atoms with van der Waals surface area (Å²) in [6.45, 7) is 0.719. The highest BCUT2D eigenvalue weighted by Gasteiger charge is 2.09. The number of hydrogen-bond donors (Lipinski definition) is 1. The van der Waals surface area contributed by atoms with E-state index in [2.05, 4.69) is 32.6 Å². The molecule has 3 aromatic rings. The summed E-state index contributed by atoms with van der Waals surface area (Å²) in [7, 11) is 1.95. The average Bonchev–Trinajstić information content (AvgIpc) is 2.60. The van der Waals surface area contributed by atoms with Gasteiger partial charge in [0.05, 0.1) is 21.9 Å². The van der Waals surface area contributed by atoms with Crippen LogP contribution in [0.4, 0.5) is 17.5 Å². The van der Waals surface area contributed by atoms with Gasteiger partial charge in [0.25, 0.3) is 0 Å². The summed E-state index contributed by atoms with van der Waals surface area (Å²) in [5.41, 5.74) is 1.82. The van der Waals surface area contributed by atoms with Crippen LogP contribution < -0.4 is 10.2 Å². The van der Waals surface area contributed by atoms with Crippen LogP contribution >= 0.6 is 23.2 Å². The molecule has 122 valence electrons. The smallest absolute Gasteiger partial charge is 0.249 e. The van der Waals surface area contributed by atoms with Gasteiger partial charge in [-0.15, -0.1) is 5.10 Å². The SMILES string of the molecule is CN(Cc1ccccc1)c1cnnc(Nc2cccc(Cl)c2Cl)n1. The van der Waals surface area contributed by atoms with Crippen molar-refractivity contribution in [1.29, 1.82) is 0 Å². The standard InChI is InChI=1S/C17H15Cl2N5/c1-24(11-12-6-3-2-4-7-12)15-10-20-23-17(22-15)21-14-9-5-8-13(18)16(14)19/h2-10H,11H2,1H3,(H,21,22,23). The van der Waals surface area contributed by atoms with E-state index in [4.69, 9.17) is 23.2 Å². The highest BCUT2D eigenvalue weighted by atomic mass is 35.5. The Bertz CT molecular complexity index is 826. The molecule has 24 heavy (non-hydrogen) atoms. The molecule has 2 aromatic carbocycles. The average molecular weight is 360 g/mol. The maximum Gasteiger partial charge on any atom is 0.249 e. The quantitative estimate of drug-likeness (QED) is 0.723. The maximum absolute atomic E-state index is 6.17. The fourth-order valence-corrected chi connectivity index (χ4v) is 2.54. The molecule has 5 nitrogen and oxygen atoms in total. The van der Waals surface area contributed by atoms with Crippen molar-refractivity contribution >= 4 is 40.7 Å². The van der Waals surface area contributed by atoms with Crippen LogP contribution in [0.25, 0.3) is 0 Å². The van der Waals surface area contributed by atoms with Gasteiger partial charge in [0.15, 0.2) is 5.82 Å². The lowest BCUT2D eigenvalue weighted by Crippen LogP contribution is -2.18. The summed E-state index contributed by atoms with van der Waals surface area (Å²) in [5, 5.41) is 11.9. The molecule has 0 spiro atoms. The Labute approximate surface area is 150 Å². The van der Waals surface area contributed by atoms with Gasteiger partial charge in [-0.05, 0) is 17.7 Å². The summed E-state index contributed by atoms with van der Waals surface area (Å²) in [5.74, 6) is 1.06. The molecule has 0 radical (unpaired) electrons. The minimum Gasteiger partial charge on any atom is -0.354 e. The summed E-state index contributed by atoms with van der Waals surface area (Å²) in [6, 6.07) is 15.5. The Hall–Kier alpha value is -2.37. The topological polar surface area (TPSA) is 53.9 Å². The molecule has 0 saturated heterocycles. The third-order valence-corrected chi connectivity index (χ3v) is 4.22. The van der Waals surface area contributed by atoms with Gasteiger partial charge in [0, 0.05) is 13.6 Å². The van der Waals surface area contributed by atoms with Crippen molar-refractivity contribution < 1.29 is 0 Å². The molecule has 1 aromatic heterocycles. The summed E-state index contributed by atoms with van der Waals surface area (Å²) in [4.78, 5) is 6.47. The summed E-state index contributed by atoms with van der Waals surface area (Å²) < 4.78 is 0. The normalized spacial score (nSPS) is 10.5. The molecule has 0 bridgehead atoms. The lowest BCUT2D eigenvalue weighted by Gasteiger charge is -2.18. The predicted octanol–water partition coefficient (Wildman–Crippen LogP) is 4.56. The number of halogens is 2. The summed E-state index contributed by atoms with van der Waals surface area (Å²) >= 11 is 12.2. The molecule has 0 aliphatic rings. The Morgan fingerprint density at radius 2 is 1.83 bits per heavy atom. The van der Waals surface area contributed by atoms with E-state index in [0.717, 1.165) is 6.54 Å². The number of aromatic nitrogens is 3.